The van der Waals surface area contributed by atoms with Crippen LogP contribution in [0.15, 0.2) is 22.5 Å². The summed E-state index contributed by atoms with van der Waals surface area (Å²) in [4.78, 5) is 8.88. The first-order valence-corrected chi connectivity index (χ1v) is 11.2. The summed E-state index contributed by atoms with van der Waals surface area (Å²) in [6, 6.07) is 5.07. The number of ether oxygens (including phenoxy) is 2. The Hall–Kier alpha value is -0.420. The highest BCUT2D eigenvalue weighted by molar-refractivity contribution is 14.0. The van der Waals surface area contributed by atoms with Crippen molar-refractivity contribution >= 4 is 41.3 Å². The molecule has 1 aromatic rings. The van der Waals surface area contributed by atoms with Crippen LogP contribution in [0.3, 0.4) is 0 Å². The molecule has 0 amide bonds. The average Bonchev–Trinajstić information content (AvgIpc) is 3.40. The van der Waals surface area contributed by atoms with Crippen LogP contribution >= 0.6 is 35.3 Å². The molecular formula is C20H33IN4O2S. The number of morpholine rings is 1. The molecule has 0 aromatic carbocycles. The van der Waals surface area contributed by atoms with Gasteiger partial charge in [0.1, 0.15) is 0 Å². The summed E-state index contributed by atoms with van der Waals surface area (Å²) in [5, 5.41) is 9.22. The highest BCUT2D eigenvalue weighted by Crippen LogP contribution is 2.34. The third kappa shape index (κ3) is 5.38. The second kappa shape index (κ2) is 10.6. The lowest BCUT2D eigenvalue weighted by Gasteiger charge is -2.36. The Morgan fingerprint density at radius 1 is 1.43 bits per heavy atom. The van der Waals surface area contributed by atoms with Crippen molar-refractivity contribution in [3.8, 4) is 0 Å². The number of nitrogens with one attached hydrogen (secondary N) is 2. The van der Waals surface area contributed by atoms with E-state index in [0.29, 0.717) is 24.3 Å². The molecule has 0 radical (unpaired) electrons. The molecule has 0 spiro atoms. The van der Waals surface area contributed by atoms with Crippen molar-refractivity contribution in [1.29, 1.82) is 0 Å². The quantitative estimate of drug-likeness (QED) is 0.343. The molecule has 0 saturated carbocycles. The minimum atomic E-state index is 0. The SMILES string of the molecule is CCNC(=NCC(c1cccs1)N1CCOC(C)C1)NC1CC2CCC1O2.I. The topological polar surface area (TPSA) is 58.1 Å². The Morgan fingerprint density at radius 2 is 2.32 bits per heavy atom. The van der Waals surface area contributed by atoms with Crippen LogP contribution in [0.5, 0.6) is 0 Å². The standard InChI is InChI=1S/C20H32N4O2S.HI/c1-3-21-20(23-16-11-15-6-7-18(16)26-15)22-12-17(19-5-4-10-27-19)24-8-9-25-14(2)13-24;/h4-5,10,14-18H,3,6-9,11-13H2,1-2H3,(H2,21,22,23);1H. The molecule has 0 aliphatic carbocycles. The molecule has 4 heterocycles. The molecule has 4 rings (SSSR count). The average molecular weight is 520 g/mol. The van der Waals surface area contributed by atoms with Crippen LogP contribution in [-0.2, 0) is 9.47 Å². The van der Waals surface area contributed by atoms with Crippen LogP contribution in [-0.4, -0.2) is 68.0 Å². The summed E-state index contributed by atoms with van der Waals surface area (Å²) in [5.74, 6) is 0.918. The Balaban J connectivity index is 0.00000225. The number of hydrogen-bond acceptors (Lipinski definition) is 5. The number of aliphatic imine (C=N–C) groups is 1. The first-order valence-electron chi connectivity index (χ1n) is 10.3. The lowest BCUT2D eigenvalue weighted by atomic mass is 9.96. The zero-order chi connectivity index (χ0) is 18.6. The van der Waals surface area contributed by atoms with Gasteiger partial charge in [-0.3, -0.25) is 9.89 Å². The van der Waals surface area contributed by atoms with Gasteiger partial charge in [-0.1, -0.05) is 6.07 Å². The summed E-state index contributed by atoms with van der Waals surface area (Å²) in [5.41, 5.74) is 0. The van der Waals surface area contributed by atoms with Gasteiger partial charge in [0, 0.05) is 24.5 Å². The van der Waals surface area contributed by atoms with Crippen LogP contribution < -0.4 is 10.6 Å². The summed E-state index contributed by atoms with van der Waals surface area (Å²) < 4.78 is 11.7. The third-order valence-corrected chi connectivity index (χ3v) is 6.75. The van der Waals surface area contributed by atoms with E-state index in [-0.39, 0.29) is 30.1 Å². The smallest absolute Gasteiger partial charge is 0.191 e. The van der Waals surface area contributed by atoms with E-state index >= 15 is 0 Å². The molecule has 2 N–H and O–H groups in total. The summed E-state index contributed by atoms with van der Waals surface area (Å²) in [7, 11) is 0. The van der Waals surface area contributed by atoms with E-state index in [9.17, 15) is 0 Å². The van der Waals surface area contributed by atoms with Gasteiger partial charge in [0.05, 0.1) is 43.5 Å². The zero-order valence-electron chi connectivity index (χ0n) is 16.8. The highest BCUT2D eigenvalue weighted by atomic mass is 127. The van der Waals surface area contributed by atoms with E-state index in [1.54, 1.807) is 0 Å². The van der Waals surface area contributed by atoms with E-state index in [1.165, 1.54) is 17.7 Å². The van der Waals surface area contributed by atoms with Crippen LogP contribution in [0, 0.1) is 0 Å². The maximum absolute atomic E-state index is 5.99. The first kappa shape index (κ1) is 22.3. The molecule has 3 aliphatic heterocycles. The van der Waals surface area contributed by atoms with Crippen molar-refractivity contribution in [1.82, 2.24) is 15.5 Å². The summed E-state index contributed by atoms with van der Waals surface area (Å²) >= 11 is 1.82. The zero-order valence-corrected chi connectivity index (χ0v) is 19.9. The Labute approximate surface area is 189 Å². The Bertz CT molecular complexity index is 630. The molecule has 158 valence electrons. The maximum atomic E-state index is 5.99. The summed E-state index contributed by atoms with van der Waals surface area (Å²) in [6.07, 6.45) is 4.57. The van der Waals surface area contributed by atoms with E-state index in [1.807, 2.05) is 11.3 Å². The van der Waals surface area contributed by atoms with Gasteiger partial charge in [-0.05, 0) is 44.6 Å². The third-order valence-electron chi connectivity index (χ3n) is 5.78. The maximum Gasteiger partial charge on any atom is 0.191 e. The van der Waals surface area contributed by atoms with Crippen molar-refractivity contribution in [2.45, 2.75) is 63.5 Å². The van der Waals surface area contributed by atoms with Crippen molar-refractivity contribution in [3.05, 3.63) is 22.4 Å². The van der Waals surface area contributed by atoms with Gasteiger partial charge >= 0.3 is 0 Å². The molecule has 6 nitrogen and oxygen atoms in total. The van der Waals surface area contributed by atoms with E-state index in [4.69, 9.17) is 14.5 Å². The summed E-state index contributed by atoms with van der Waals surface area (Å²) in [6.45, 7) is 8.62. The largest absolute Gasteiger partial charge is 0.376 e. The van der Waals surface area contributed by atoms with Crippen LogP contribution in [0.2, 0.25) is 0 Å². The van der Waals surface area contributed by atoms with Crippen molar-refractivity contribution in [2.24, 2.45) is 4.99 Å². The van der Waals surface area contributed by atoms with Gasteiger partial charge in [0.25, 0.3) is 0 Å². The fraction of sp³-hybridized carbons (Fsp3) is 0.750. The van der Waals surface area contributed by atoms with E-state index in [2.05, 4.69) is 46.9 Å². The van der Waals surface area contributed by atoms with Gasteiger partial charge in [-0.15, -0.1) is 35.3 Å². The molecule has 28 heavy (non-hydrogen) atoms. The normalized spacial score (nSPS) is 31.4. The van der Waals surface area contributed by atoms with Crippen molar-refractivity contribution in [2.75, 3.05) is 32.8 Å². The Morgan fingerprint density at radius 3 is 2.96 bits per heavy atom. The number of hydrogen-bond donors (Lipinski definition) is 2. The van der Waals surface area contributed by atoms with E-state index in [0.717, 1.165) is 45.2 Å². The Kier molecular flexibility index (Phi) is 8.40. The fourth-order valence-electron chi connectivity index (χ4n) is 4.46. The fourth-order valence-corrected chi connectivity index (χ4v) is 5.31. The minimum Gasteiger partial charge on any atom is -0.376 e. The van der Waals surface area contributed by atoms with Crippen molar-refractivity contribution < 1.29 is 9.47 Å². The van der Waals surface area contributed by atoms with Gasteiger partial charge in [0.15, 0.2) is 5.96 Å². The molecule has 2 bridgehead atoms. The molecule has 8 heteroatoms. The highest BCUT2D eigenvalue weighted by Gasteiger charge is 2.41. The monoisotopic (exact) mass is 520 g/mol. The lowest BCUT2D eigenvalue weighted by molar-refractivity contribution is -0.0327. The predicted octanol–water partition coefficient (Wildman–Crippen LogP) is 3.00. The number of guanidine groups is 1. The number of halogens is 1. The number of nitrogens with zero attached hydrogens (tertiary/aromatic N) is 2. The second-order valence-electron chi connectivity index (χ2n) is 7.79. The molecule has 3 saturated heterocycles. The minimum absolute atomic E-state index is 0. The van der Waals surface area contributed by atoms with Gasteiger partial charge in [0.2, 0.25) is 0 Å². The molecular weight excluding hydrogens is 487 g/mol. The van der Waals surface area contributed by atoms with Gasteiger partial charge < -0.3 is 20.1 Å². The second-order valence-corrected chi connectivity index (χ2v) is 8.77. The molecule has 1 aromatic heterocycles. The molecule has 3 fully saturated rings. The lowest BCUT2D eigenvalue weighted by Crippen LogP contribution is -2.48. The first-order chi connectivity index (χ1) is 13.2. The number of rotatable bonds is 6. The van der Waals surface area contributed by atoms with Gasteiger partial charge in [-0.25, -0.2) is 0 Å². The van der Waals surface area contributed by atoms with Gasteiger partial charge in [-0.2, -0.15) is 0 Å². The number of thiophene rings is 1. The number of fused-ring (bicyclic) bond motifs is 2. The van der Waals surface area contributed by atoms with Crippen molar-refractivity contribution in [3.63, 3.8) is 0 Å². The molecule has 5 unspecified atom stereocenters. The molecule has 3 aliphatic rings. The van der Waals surface area contributed by atoms with E-state index < -0.39 is 0 Å². The van der Waals surface area contributed by atoms with Crippen LogP contribution in [0.25, 0.3) is 0 Å². The van der Waals surface area contributed by atoms with Crippen LogP contribution in [0.4, 0.5) is 0 Å². The predicted molar refractivity (Wildman–Crippen MR) is 125 cm³/mol. The molecule has 5 atom stereocenters. The van der Waals surface area contributed by atoms with Crippen LogP contribution in [0.1, 0.15) is 44.0 Å².